The maximum atomic E-state index is 7.23. The molecule has 0 fully saturated rings. The van der Waals surface area contributed by atoms with Gasteiger partial charge in [0.15, 0.2) is 0 Å². The van der Waals surface area contributed by atoms with Gasteiger partial charge in [0, 0.05) is 30.4 Å². The normalized spacial score (nSPS) is 12.7. The molecular formula is C42H43GeIrN3S-2. The van der Waals surface area contributed by atoms with E-state index in [0.29, 0.717) is 11.8 Å². The van der Waals surface area contributed by atoms with Gasteiger partial charge < -0.3 is 4.98 Å². The molecule has 0 unspecified atom stereocenters. The number of fused-ring (bicyclic) bond motifs is 2. The zero-order valence-corrected chi connectivity index (χ0v) is 33.9. The van der Waals surface area contributed by atoms with E-state index in [2.05, 4.69) is 127 Å². The summed E-state index contributed by atoms with van der Waals surface area (Å²) >= 11 is -0.270. The molecule has 48 heavy (non-hydrogen) atoms. The zero-order chi connectivity index (χ0) is 35.8. The molecule has 0 amide bonds. The van der Waals surface area contributed by atoms with E-state index < -0.39 is 20.1 Å². The summed E-state index contributed by atoms with van der Waals surface area (Å²) < 4.78 is 26.9. The van der Waals surface area contributed by atoms with Crippen molar-refractivity contribution in [3.8, 4) is 28.3 Å². The number of rotatable bonds is 6. The average molecular weight is 890 g/mol. The van der Waals surface area contributed by atoms with E-state index in [-0.39, 0.29) is 25.7 Å². The maximum Gasteiger partial charge on any atom is 0.0280 e. The third kappa shape index (κ3) is 7.45. The molecule has 0 bridgehead atoms. The first-order chi connectivity index (χ1) is 23.7. The van der Waals surface area contributed by atoms with E-state index in [4.69, 9.17) is 9.10 Å². The second-order valence-electron chi connectivity index (χ2n) is 13.6. The summed E-state index contributed by atoms with van der Waals surface area (Å²) in [4.78, 5) is 9.35. The molecule has 0 aliphatic carbocycles. The Hall–Kier alpha value is -3.35. The topological polar surface area (TPSA) is 30.7 Å². The second-order valence-corrected chi connectivity index (χ2v) is 25.1. The van der Waals surface area contributed by atoms with Crippen LogP contribution >= 0.6 is 11.3 Å². The number of pyridine rings is 1. The van der Waals surface area contributed by atoms with Gasteiger partial charge in [0.25, 0.3) is 0 Å². The van der Waals surface area contributed by atoms with E-state index in [1.54, 1.807) is 29.5 Å². The van der Waals surface area contributed by atoms with Gasteiger partial charge in [0.2, 0.25) is 0 Å². The smallest absolute Gasteiger partial charge is 0.0280 e. The zero-order valence-electron chi connectivity index (χ0n) is 31.6. The number of aryl methyl sites for hydroxylation is 1. The summed E-state index contributed by atoms with van der Waals surface area (Å²) in [7, 11) is 0. The van der Waals surface area contributed by atoms with Crippen LogP contribution in [0.5, 0.6) is 0 Å². The molecule has 0 saturated heterocycles. The fourth-order valence-electron chi connectivity index (χ4n) is 5.90. The van der Waals surface area contributed by atoms with Crippen molar-refractivity contribution in [1.82, 2.24) is 14.5 Å². The molecule has 4 aromatic carbocycles. The second kappa shape index (κ2) is 15.0. The molecule has 7 aromatic rings. The monoisotopic (exact) mass is 891 g/mol. The largest absolute Gasteiger partial charge is 0.304 e. The molecule has 1 radical (unpaired) electrons. The fraction of sp³-hybridized carbons (Fsp3) is 0.238. The minimum Gasteiger partial charge on any atom is -0.304 e. The van der Waals surface area contributed by atoms with E-state index in [1.807, 2.05) is 18.2 Å². The van der Waals surface area contributed by atoms with Gasteiger partial charge in [-0.3, -0.25) is 0 Å². The number of benzene rings is 4. The predicted molar refractivity (Wildman–Crippen MR) is 205 cm³/mol. The van der Waals surface area contributed by atoms with Gasteiger partial charge in [-0.25, -0.2) is 0 Å². The van der Waals surface area contributed by atoms with Crippen LogP contribution in [-0.2, 0) is 20.1 Å². The molecule has 247 valence electrons. The van der Waals surface area contributed by atoms with Gasteiger partial charge in [-0.05, 0) is 18.1 Å². The minimum atomic E-state index is -2.09. The Balaban J connectivity index is 0.000000249. The molecule has 0 saturated carbocycles. The summed E-state index contributed by atoms with van der Waals surface area (Å²) in [6.45, 7) is 7.06. The first kappa shape index (κ1) is 31.9. The first-order valence-electron chi connectivity index (χ1n) is 17.7. The Labute approximate surface area is 310 Å². The van der Waals surface area contributed by atoms with Crippen LogP contribution in [0.25, 0.3) is 49.5 Å². The third-order valence-corrected chi connectivity index (χ3v) is 13.6. The summed E-state index contributed by atoms with van der Waals surface area (Å²) in [5.74, 6) is 9.19. The summed E-state index contributed by atoms with van der Waals surface area (Å²) in [5, 5.41) is 4.94. The maximum absolute atomic E-state index is 7.23. The molecule has 0 atom stereocenters. The van der Waals surface area contributed by atoms with E-state index in [1.165, 1.54) is 37.5 Å². The Morgan fingerprint density at radius 3 is 2.19 bits per heavy atom. The SMILES string of the molecule is CC(C)c1cccc(C(C)C)c1-n1c(-c2[c-]sc3cc[c]([Ge]([CH3])([CH3])[CH3])cc23)nc2ccccc21.[2H]C([2H])([2H])c1ccc(-c2[c-]cccc2)nc1.[Ir]. The number of imidazole rings is 1. The number of nitrogens with zero attached hydrogens (tertiary/aromatic N) is 3. The Morgan fingerprint density at radius 1 is 0.833 bits per heavy atom. The molecule has 0 spiro atoms. The van der Waals surface area contributed by atoms with Crippen LogP contribution in [0, 0.1) is 18.3 Å². The molecule has 6 heteroatoms. The van der Waals surface area contributed by atoms with Crippen LogP contribution in [0.3, 0.4) is 0 Å². The van der Waals surface area contributed by atoms with Crippen molar-refractivity contribution in [2.75, 3.05) is 0 Å². The van der Waals surface area contributed by atoms with Gasteiger partial charge in [-0.1, -0.05) is 12.1 Å². The molecule has 3 aromatic heterocycles. The molecule has 3 heterocycles. The van der Waals surface area contributed by atoms with Crippen molar-refractivity contribution in [2.24, 2.45) is 0 Å². The van der Waals surface area contributed by atoms with Crippen LogP contribution < -0.4 is 4.40 Å². The first-order valence-corrected chi connectivity index (χ1v) is 24.4. The van der Waals surface area contributed by atoms with Crippen molar-refractivity contribution in [3.05, 3.63) is 131 Å². The standard InChI is InChI=1S/C30H33GeN2S.C12H10N.Ir/c1-19(2)22-11-10-12-23(20(3)4)29(22)33-27-14-9-8-13-26(27)32-30(33)25-18-34-28-16-15-21(17-24(25)28)31(5,6)7;1-10-7-8-12(13-9-10)11-5-3-2-4-6-11;/h8-17,19-20H,1-7H3;2-5,7-9H,1H3;/q2*-1;/i;1D3;. The Morgan fingerprint density at radius 2 is 1.56 bits per heavy atom. The minimum absolute atomic E-state index is 0. The molecular weight excluding hydrogens is 843 g/mol. The fourth-order valence-corrected chi connectivity index (χ4v) is 9.16. The van der Waals surface area contributed by atoms with Gasteiger partial charge in [-0.15, -0.1) is 35.9 Å². The number of hydrogen-bond donors (Lipinski definition) is 0. The number of thiophene rings is 1. The van der Waals surface area contributed by atoms with Crippen LogP contribution in [0.2, 0.25) is 17.3 Å². The van der Waals surface area contributed by atoms with Gasteiger partial charge >= 0.3 is 211 Å². The van der Waals surface area contributed by atoms with Crippen molar-refractivity contribution in [3.63, 3.8) is 0 Å². The number of aromatic nitrogens is 3. The molecule has 7 rings (SSSR count). The van der Waals surface area contributed by atoms with Gasteiger partial charge in [0.1, 0.15) is 0 Å². The molecule has 0 N–H and O–H groups in total. The Bertz CT molecular complexity index is 2220. The Kier molecular flexibility index (Phi) is 10.00. The van der Waals surface area contributed by atoms with E-state index in [0.717, 1.165) is 33.7 Å². The van der Waals surface area contributed by atoms with Crippen molar-refractivity contribution in [1.29, 1.82) is 0 Å². The molecule has 3 nitrogen and oxygen atoms in total. The summed E-state index contributed by atoms with van der Waals surface area (Å²) in [6, 6.07) is 36.2. The summed E-state index contributed by atoms with van der Waals surface area (Å²) in [5.41, 5.74) is 9.17. The van der Waals surface area contributed by atoms with Crippen molar-refractivity contribution >= 4 is 50.1 Å². The van der Waals surface area contributed by atoms with E-state index >= 15 is 0 Å². The number of hydrogen-bond acceptors (Lipinski definition) is 3. The average Bonchev–Trinajstić information content (AvgIpc) is 3.69. The van der Waals surface area contributed by atoms with Crippen molar-refractivity contribution in [2.45, 2.75) is 63.7 Å². The van der Waals surface area contributed by atoms with Crippen LogP contribution in [0.15, 0.2) is 103 Å². The molecule has 0 aliphatic heterocycles. The summed E-state index contributed by atoms with van der Waals surface area (Å²) in [6.07, 6.45) is 1.39. The predicted octanol–water partition coefficient (Wildman–Crippen LogP) is 11.4. The van der Waals surface area contributed by atoms with Gasteiger partial charge in [-0.2, -0.15) is 0 Å². The van der Waals surface area contributed by atoms with Crippen LogP contribution in [0.1, 0.15) is 60.3 Å². The van der Waals surface area contributed by atoms with Gasteiger partial charge in [0.05, 0.1) is 0 Å². The molecule has 0 aliphatic rings. The van der Waals surface area contributed by atoms with Crippen LogP contribution in [0.4, 0.5) is 0 Å². The van der Waals surface area contributed by atoms with Crippen molar-refractivity contribution < 1.29 is 24.2 Å². The quantitative estimate of drug-likeness (QED) is 0.123. The van der Waals surface area contributed by atoms with E-state index in [9.17, 15) is 0 Å². The van der Waals surface area contributed by atoms with Crippen LogP contribution in [-0.4, -0.2) is 27.8 Å². The third-order valence-electron chi connectivity index (χ3n) is 8.48. The number of para-hydroxylation sites is 3.